The van der Waals surface area contributed by atoms with Crippen LogP contribution in [0.15, 0.2) is 18.7 Å². The van der Waals surface area contributed by atoms with Gasteiger partial charge in [-0.3, -0.25) is 0 Å². The molecule has 0 atom stereocenters. The molecule has 1 aromatic heterocycles. The van der Waals surface area contributed by atoms with Crippen LogP contribution < -0.4 is 0 Å². The third-order valence-corrected chi connectivity index (χ3v) is 1.19. The summed E-state index contributed by atoms with van der Waals surface area (Å²) in [6, 6.07) is 0. The third kappa shape index (κ3) is 4.52. The van der Waals surface area contributed by atoms with Crippen LogP contribution in [0.5, 0.6) is 0 Å². The normalized spacial score (nSPS) is 16.7. The Morgan fingerprint density at radius 1 is 1.18 bits per heavy atom. The van der Waals surface area contributed by atoms with E-state index in [9.17, 15) is 0 Å². The summed E-state index contributed by atoms with van der Waals surface area (Å²) in [5.74, 6) is 0. The lowest BCUT2D eigenvalue weighted by Crippen LogP contribution is -2.05. The molecule has 62 valence electrons. The van der Waals surface area contributed by atoms with E-state index in [1.807, 2.05) is 0 Å². The maximum Gasteiger partial charge on any atom is 0.0919 e. The molecule has 4 heteroatoms. The predicted octanol–water partition coefficient (Wildman–Crippen LogP) is 1.14. The lowest BCUT2D eigenvalue weighted by molar-refractivity contribution is -0.312. The number of H-pyrrole nitrogens is 1. The number of hydrogen-bond donors (Lipinski definition) is 1. The van der Waals surface area contributed by atoms with Crippen LogP contribution in [0.3, 0.4) is 0 Å². The zero-order valence-electron chi connectivity index (χ0n) is 6.32. The molecule has 1 saturated heterocycles. The average Bonchev–Trinajstić information content (AvgIpc) is 2.64. The molecule has 1 N–H and O–H groups in total. The number of rotatable bonds is 0. The van der Waals surface area contributed by atoms with Crippen LogP contribution in [-0.2, 0) is 9.78 Å². The third-order valence-electron chi connectivity index (χ3n) is 1.19. The number of aromatic amines is 1. The monoisotopic (exact) mass is 156 g/mol. The van der Waals surface area contributed by atoms with Crippen LogP contribution in [0, 0.1) is 0 Å². The maximum atomic E-state index is 4.57. The van der Waals surface area contributed by atoms with Crippen molar-refractivity contribution in [2.24, 2.45) is 0 Å². The highest BCUT2D eigenvalue weighted by molar-refractivity contribution is 4.64. The summed E-state index contributed by atoms with van der Waals surface area (Å²) >= 11 is 0. The first kappa shape index (κ1) is 8.23. The molecular weight excluding hydrogens is 144 g/mol. The average molecular weight is 156 g/mol. The van der Waals surface area contributed by atoms with E-state index in [-0.39, 0.29) is 0 Å². The second-order valence-electron chi connectivity index (χ2n) is 2.11. The van der Waals surface area contributed by atoms with Crippen LogP contribution in [0.2, 0.25) is 0 Å². The van der Waals surface area contributed by atoms with Crippen LogP contribution in [0.1, 0.15) is 12.8 Å². The molecule has 0 aliphatic carbocycles. The maximum absolute atomic E-state index is 4.57. The van der Waals surface area contributed by atoms with Crippen molar-refractivity contribution in [1.29, 1.82) is 0 Å². The molecule has 0 unspecified atom stereocenters. The molecule has 1 fully saturated rings. The van der Waals surface area contributed by atoms with E-state index < -0.39 is 0 Å². The van der Waals surface area contributed by atoms with E-state index in [4.69, 9.17) is 0 Å². The first-order chi connectivity index (χ1) is 5.50. The van der Waals surface area contributed by atoms with E-state index in [0.717, 1.165) is 26.1 Å². The minimum absolute atomic E-state index is 0.778. The summed E-state index contributed by atoms with van der Waals surface area (Å²) in [5.41, 5.74) is 0. The van der Waals surface area contributed by atoms with Gasteiger partial charge in [-0.15, -0.1) is 0 Å². The van der Waals surface area contributed by atoms with Gasteiger partial charge in [-0.1, -0.05) is 0 Å². The van der Waals surface area contributed by atoms with Crippen molar-refractivity contribution >= 4 is 0 Å². The number of nitrogens with zero attached hydrogens (tertiary/aromatic N) is 1. The Kier molecular flexibility index (Phi) is 4.40. The van der Waals surface area contributed by atoms with Gasteiger partial charge in [0.25, 0.3) is 0 Å². The van der Waals surface area contributed by atoms with E-state index in [2.05, 4.69) is 19.7 Å². The molecule has 11 heavy (non-hydrogen) atoms. The summed E-state index contributed by atoms with van der Waals surface area (Å²) in [6.07, 6.45) is 7.39. The fraction of sp³-hybridized carbons (Fsp3) is 0.571. The second kappa shape index (κ2) is 5.88. The van der Waals surface area contributed by atoms with E-state index in [0.29, 0.717) is 0 Å². The Morgan fingerprint density at radius 2 is 1.91 bits per heavy atom. The van der Waals surface area contributed by atoms with Crippen molar-refractivity contribution in [3.63, 3.8) is 0 Å². The second-order valence-corrected chi connectivity index (χ2v) is 2.11. The van der Waals surface area contributed by atoms with Crippen molar-refractivity contribution in [2.45, 2.75) is 12.8 Å². The van der Waals surface area contributed by atoms with Crippen molar-refractivity contribution < 1.29 is 9.78 Å². The highest BCUT2D eigenvalue weighted by atomic mass is 17.2. The molecule has 1 aliphatic heterocycles. The van der Waals surface area contributed by atoms with Gasteiger partial charge in [-0.25, -0.2) is 14.8 Å². The number of nitrogens with one attached hydrogen (secondary N) is 1. The molecule has 4 nitrogen and oxygen atoms in total. The first-order valence-corrected chi connectivity index (χ1v) is 3.67. The summed E-state index contributed by atoms with van der Waals surface area (Å²) < 4.78 is 0. The first-order valence-electron chi connectivity index (χ1n) is 3.67. The van der Waals surface area contributed by atoms with Gasteiger partial charge in [0, 0.05) is 12.4 Å². The van der Waals surface area contributed by atoms with E-state index >= 15 is 0 Å². The van der Waals surface area contributed by atoms with Crippen molar-refractivity contribution in [1.82, 2.24) is 9.97 Å². The molecule has 0 radical (unpaired) electrons. The molecule has 0 bridgehead atoms. The van der Waals surface area contributed by atoms with Gasteiger partial charge >= 0.3 is 0 Å². The fourth-order valence-electron chi connectivity index (χ4n) is 0.655. The minimum atomic E-state index is 0.778. The molecule has 0 amide bonds. The fourth-order valence-corrected chi connectivity index (χ4v) is 0.655. The van der Waals surface area contributed by atoms with Crippen LogP contribution >= 0.6 is 0 Å². The van der Waals surface area contributed by atoms with E-state index in [1.165, 1.54) is 0 Å². The lowest BCUT2D eigenvalue weighted by Gasteiger charge is -2.07. The highest BCUT2D eigenvalue weighted by Crippen LogP contribution is 1.97. The predicted molar refractivity (Wildman–Crippen MR) is 39.7 cm³/mol. The summed E-state index contributed by atoms with van der Waals surface area (Å²) in [7, 11) is 0. The van der Waals surface area contributed by atoms with E-state index in [1.54, 1.807) is 18.7 Å². The lowest BCUT2D eigenvalue weighted by atomic mass is 10.3. The van der Waals surface area contributed by atoms with Crippen molar-refractivity contribution in [3.8, 4) is 0 Å². The zero-order valence-corrected chi connectivity index (χ0v) is 6.32. The molecular formula is C7H12N2O2. The Morgan fingerprint density at radius 3 is 2.09 bits per heavy atom. The molecule has 2 rings (SSSR count). The zero-order chi connectivity index (χ0) is 7.78. The van der Waals surface area contributed by atoms with Gasteiger partial charge in [0.05, 0.1) is 19.5 Å². The van der Waals surface area contributed by atoms with Crippen LogP contribution in [0.25, 0.3) is 0 Å². The molecule has 2 heterocycles. The van der Waals surface area contributed by atoms with Gasteiger partial charge in [-0.05, 0) is 12.8 Å². The smallest absolute Gasteiger partial charge is 0.0919 e. The number of hydrogen-bond acceptors (Lipinski definition) is 3. The Bertz CT molecular complexity index is 121. The van der Waals surface area contributed by atoms with Gasteiger partial charge in [0.1, 0.15) is 0 Å². The SMILES string of the molecule is C1CCOOC1.c1c[nH]cn1. The largest absolute Gasteiger partial charge is 0.351 e. The van der Waals surface area contributed by atoms with Crippen LogP contribution in [0.4, 0.5) is 0 Å². The molecule has 0 spiro atoms. The summed E-state index contributed by atoms with van der Waals surface area (Å²) in [5, 5.41) is 0. The van der Waals surface area contributed by atoms with Gasteiger partial charge < -0.3 is 4.98 Å². The highest BCUT2D eigenvalue weighted by Gasteiger charge is 1.95. The van der Waals surface area contributed by atoms with Crippen molar-refractivity contribution in [2.75, 3.05) is 13.2 Å². The standard InChI is InChI=1S/C4H8O2.C3H4N2/c1-2-4-6-5-3-1;1-2-5-3-4-1/h1-4H2;1-3H,(H,4,5). The minimum Gasteiger partial charge on any atom is -0.351 e. The Hall–Kier alpha value is -0.870. The topological polar surface area (TPSA) is 47.1 Å². The number of aromatic nitrogens is 2. The summed E-state index contributed by atoms with van der Waals surface area (Å²) in [4.78, 5) is 15.6. The Balaban J connectivity index is 0.000000112. The Labute approximate surface area is 65.5 Å². The molecule has 0 saturated carbocycles. The van der Waals surface area contributed by atoms with Gasteiger partial charge in [0.2, 0.25) is 0 Å². The van der Waals surface area contributed by atoms with Crippen molar-refractivity contribution in [3.05, 3.63) is 18.7 Å². The quantitative estimate of drug-likeness (QED) is 0.573. The molecule has 1 aromatic rings. The van der Waals surface area contributed by atoms with Gasteiger partial charge in [-0.2, -0.15) is 0 Å². The van der Waals surface area contributed by atoms with Gasteiger partial charge in [0.15, 0.2) is 0 Å². The molecule has 0 aromatic carbocycles. The summed E-state index contributed by atoms with van der Waals surface area (Å²) in [6.45, 7) is 1.56. The number of imidazole rings is 1. The van der Waals surface area contributed by atoms with Crippen LogP contribution in [-0.4, -0.2) is 23.2 Å². The molecule has 1 aliphatic rings.